The molecule has 1 aliphatic rings. The summed E-state index contributed by atoms with van der Waals surface area (Å²) in [5.74, 6) is 0.814. The number of β-amino-alcohol motifs (C(OH)–C–C–N with tert-alkyl or cyclic N) is 1. The first-order valence-corrected chi connectivity index (χ1v) is 12.1. The average molecular weight is 473 g/mol. The number of rotatable bonds is 6. The Morgan fingerprint density at radius 3 is 2.89 bits per heavy atom. The third kappa shape index (κ3) is 4.71. The van der Waals surface area contributed by atoms with Gasteiger partial charge in [0.1, 0.15) is 11.4 Å². The number of aromatic nitrogens is 4. The number of carbonyl (C=O) groups is 1. The fraction of sp³-hybridized carbons (Fsp3) is 0.407. The van der Waals surface area contributed by atoms with E-state index in [1.54, 1.807) is 18.1 Å². The lowest BCUT2D eigenvalue weighted by molar-refractivity contribution is -0.132. The third-order valence-electron chi connectivity index (χ3n) is 6.89. The molecule has 2 N–H and O–H groups in total. The number of fused-ring (bicyclic) bond motifs is 2. The van der Waals surface area contributed by atoms with Crippen molar-refractivity contribution in [2.75, 3.05) is 31.6 Å². The predicted molar refractivity (Wildman–Crippen MR) is 138 cm³/mol. The Hall–Kier alpha value is -3.52. The summed E-state index contributed by atoms with van der Waals surface area (Å²) < 4.78 is 0. The molecule has 8 nitrogen and oxygen atoms in total. The van der Waals surface area contributed by atoms with Crippen LogP contribution in [-0.2, 0) is 11.2 Å². The number of hydrogen-bond donors (Lipinski definition) is 2. The number of nitrogens with zero attached hydrogens (tertiary/aromatic N) is 5. The Bertz CT molecular complexity index is 1410. The highest BCUT2D eigenvalue weighted by molar-refractivity contribution is 5.91. The molecule has 1 aromatic carbocycles. The lowest BCUT2D eigenvalue weighted by Gasteiger charge is -2.29. The quantitative estimate of drug-likeness (QED) is 0.446. The van der Waals surface area contributed by atoms with Crippen molar-refractivity contribution in [2.45, 2.75) is 45.6 Å². The zero-order valence-corrected chi connectivity index (χ0v) is 20.8. The van der Waals surface area contributed by atoms with Gasteiger partial charge in [-0.05, 0) is 56.5 Å². The minimum absolute atomic E-state index is 0.000334. The number of aliphatic hydroxyl groups is 1. The summed E-state index contributed by atoms with van der Waals surface area (Å²) in [6.45, 7) is 7.56. The molecule has 0 aliphatic carbocycles. The van der Waals surface area contributed by atoms with Gasteiger partial charge in [0, 0.05) is 62.1 Å². The second-order valence-electron chi connectivity index (χ2n) is 9.98. The monoisotopic (exact) mass is 472 g/mol. The molecule has 0 radical (unpaired) electrons. The van der Waals surface area contributed by atoms with Gasteiger partial charge in [-0.3, -0.25) is 14.8 Å². The second kappa shape index (κ2) is 8.92. The number of aryl methyl sites for hydroxylation is 4. The first-order valence-electron chi connectivity index (χ1n) is 12.1. The van der Waals surface area contributed by atoms with E-state index >= 15 is 0 Å². The first kappa shape index (κ1) is 23.2. The van der Waals surface area contributed by atoms with Crippen LogP contribution in [0.5, 0.6) is 0 Å². The molecule has 182 valence electrons. The summed E-state index contributed by atoms with van der Waals surface area (Å²) in [6, 6.07) is 8.15. The Balaban J connectivity index is 1.23. The summed E-state index contributed by atoms with van der Waals surface area (Å²) in [5, 5.41) is 12.3. The lowest BCUT2D eigenvalue weighted by atomic mass is 10.0. The minimum atomic E-state index is -0.968. The summed E-state index contributed by atoms with van der Waals surface area (Å²) in [5.41, 5.74) is 6.17. The van der Waals surface area contributed by atoms with Crippen molar-refractivity contribution in [3.63, 3.8) is 0 Å². The van der Waals surface area contributed by atoms with Crippen molar-refractivity contribution >= 4 is 33.5 Å². The van der Waals surface area contributed by atoms with Gasteiger partial charge in [-0.25, -0.2) is 4.98 Å². The van der Waals surface area contributed by atoms with Gasteiger partial charge in [0.25, 0.3) is 0 Å². The maximum absolute atomic E-state index is 12.9. The topological polar surface area (TPSA) is 98.2 Å². The van der Waals surface area contributed by atoms with E-state index in [2.05, 4.69) is 50.8 Å². The highest BCUT2D eigenvalue weighted by Crippen LogP contribution is 2.32. The van der Waals surface area contributed by atoms with Gasteiger partial charge in [-0.1, -0.05) is 6.07 Å². The Morgan fingerprint density at radius 1 is 1.23 bits per heavy atom. The van der Waals surface area contributed by atoms with E-state index < -0.39 is 5.60 Å². The molecular weight excluding hydrogens is 440 g/mol. The Labute approximate surface area is 205 Å². The van der Waals surface area contributed by atoms with Crippen molar-refractivity contribution in [3.05, 3.63) is 59.3 Å². The summed E-state index contributed by atoms with van der Waals surface area (Å²) in [6.07, 6.45) is 5.04. The molecule has 1 aliphatic heterocycles. The molecule has 35 heavy (non-hydrogen) atoms. The van der Waals surface area contributed by atoms with Crippen LogP contribution in [0.4, 0.5) is 5.69 Å². The number of hydrogen-bond acceptors (Lipinski definition) is 6. The molecule has 0 saturated carbocycles. The van der Waals surface area contributed by atoms with Crippen molar-refractivity contribution < 1.29 is 9.90 Å². The van der Waals surface area contributed by atoms with Crippen LogP contribution < -0.4 is 4.90 Å². The number of benzene rings is 1. The molecule has 1 atom stereocenters. The molecule has 5 rings (SSSR count). The summed E-state index contributed by atoms with van der Waals surface area (Å²) in [7, 11) is 1.77. The molecule has 0 spiro atoms. The number of amides is 1. The number of anilines is 1. The normalized spacial score (nSPS) is 18.0. The Kier molecular flexibility index (Phi) is 5.92. The average Bonchev–Trinajstić information content (AvgIpc) is 3.40. The fourth-order valence-electron chi connectivity index (χ4n) is 5.22. The largest absolute Gasteiger partial charge is 0.386 e. The van der Waals surface area contributed by atoms with Gasteiger partial charge >= 0.3 is 0 Å². The van der Waals surface area contributed by atoms with E-state index in [1.165, 1.54) is 5.56 Å². The fourth-order valence-corrected chi connectivity index (χ4v) is 5.22. The number of pyridine rings is 2. The molecule has 1 amide bonds. The van der Waals surface area contributed by atoms with Gasteiger partial charge < -0.3 is 19.9 Å². The van der Waals surface area contributed by atoms with E-state index in [4.69, 9.17) is 0 Å². The minimum Gasteiger partial charge on any atom is -0.386 e. The van der Waals surface area contributed by atoms with Gasteiger partial charge in [0.15, 0.2) is 0 Å². The number of carbonyl (C=O) groups excluding carboxylic acids is 1. The lowest BCUT2D eigenvalue weighted by Crippen LogP contribution is -2.46. The maximum Gasteiger partial charge on any atom is 0.222 e. The highest BCUT2D eigenvalue weighted by Gasteiger charge is 2.38. The number of H-pyrrole nitrogens is 1. The summed E-state index contributed by atoms with van der Waals surface area (Å²) in [4.78, 5) is 33.6. The van der Waals surface area contributed by atoms with Gasteiger partial charge in [-0.2, -0.15) is 0 Å². The molecule has 4 heterocycles. The van der Waals surface area contributed by atoms with Crippen molar-refractivity contribution in [3.8, 4) is 0 Å². The molecular formula is C27H32N6O2. The highest BCUT2D eigenvalue weighted by atomic mass is 16.3. The van der Waals surface area contributed by atoms with Crippen LogP contribution in [0.25, 0.3) is 21.9 Å². The molecule has 4 aromatic rings. The number of likely N-dealkylation sites (N-methyl/N-ethyl adjacent to an activating group) is 1. The molecule has 1 fully saturated rings. The van der Waals surface area contributed by atoms with Crippen LogP contribution in [0.3, 0.4) is 0 Å². The van der Waals surface area contributed by atoms with E-state index in [0.29, 0.717) is 38.9 Å². The number of nitrogens with one attached hydrogen (secondary N) is 1. The molecule has 0 bridgehead atoms. The standard InChI is InChI=1S/C27H32N6O2/c1-17-11-18(2)26-22(12-17)30-24(31-26)5-6-25(34)32(4)15-27(35)8-10-33(16-27)23-13-19(3)29-21-7-9-28-14-20(21)23/h7,9,11-14,35H,5-6,8,10,15-16H2,1-4H3,(H,30,31)/t27-/m0/s1. The van der Waals surface area contributed by atoms with Crippen molar-refractivity contribution in [1.29, 1.82) is 0 Å². The van der Waals surface area contributed by atoms with Crippen LogP contribution >= 0.6 is 0 Å². The molecule has 3 aromatic heterocycles. The molecule has 1 saturated heterocycles. The maximum atomic E-state index is 12.9. The SMILES string of the molecule is Cc1cc(C)c2nc(CCC(=O)N(C)C[C@@]3(O)CCN(c4cc(C)nc5ccncc45)C3)[nH]c2c1. The van der Waals surface area contributed by atoms with Gasteiger partial charge in [-0.15, -0.1) is 0 Å². The van der Waals surface area contributed by atoms with E-state index in [1.807, 2.05) is 25.3 Å². The second-order valence-corrected chi connectivity index (χ2v) is 9.98. The van der Waals surface area contributed by atoms with E-state index in [-0.39, 0.29) is 5.91 Å². The van der Waals surface area contributed by atoms with Crippen LogP contribution in [0.15, 0.2) is 36.7 Å². The van der Waals surface area contributed by atoms with Crippen LogP contribution in [0.1, 0.15) is 35.5 Å². The van der Waals surface area contributed by atoms with Crippen LogP contribution in [0, 0.1) is 20.8 Å². The first-order chi connectivity index (χ1) is 16.7. The number of imidazole rings is 1. The van der Waals surface area contributed by atoms with E-state index in [0.717, 1.165) is 44.7 Å². The molecule has 8 heteroatoms. The van der Waals surface area contributed by atoms with Crippen LogP contribution in [-0.4, -0.2) is 68.1 Å². The van der Waals surface area contributed by atoms with Crippen molar-refractivity contribution in [1.82, 2.24) is 24.8 Å². The van der Waals surface area contributed by atoms with Gasteiger partial charge in [0.05, 0.1) is 23.1 Å². The third-order valence-corrected chi connectivity index (χ3v) is 6.89. The zero-order valence-electron chi connectivity index (χ0n) is 20.8. The Morgan fingerprint density at radius 2 is 2.06 bits per heavy atom. The van der Waals surface area contributed by atoms with E-state index in [9.17, 15) is 9.90 Å². The predicted octanol–water partition coefficient (Wildman–Crippen LogP) is 3.46. The smallest absolute Gasteiger partial charge is 0.222 e. The summed E-state index contributed by atoms with van der Waals surface area (Å²) >= 11 is 0. The van der Waals surface area contributed by atoms with Crippen LogP contribution in [0.2, 0.25) is 0 Å². The van der Waals surface area contributed by atoms with Crippen molar-refractivity contribution in [2.24, 2.45) is 0 Å². The zero-order chi connectivity index (χ0) is 24.7. The number of aromatic amines is 1. The van der Waals surface area contributed by atoms with Gasteiger partial charge in [0.2, 0.25) is 5.91 Å². The molecule has 0 unspecified atom stereocenters.